The summed E-state index contributed by atoms with van der Waals surface area (Å²) in [5, 5.41) is 0.743. The van der Waals surface area contributed by atoms with Crippen LogP contribution in [0.4, 0.5) is 0 Å². The molecule has 0 heterocycles. The molecule has 0 radical (unpaired) electrons. The molecule has 1 fully saturated rings. The van der Waals surface area contributed by atoms with E-state index >= 15 is 0 Å². The minimum absolute atomic E-state index is 0.149. The van der Waals surface area contributed by atoms with Gasteiger partial charge in [0.2, 0.25) is 0 Å². The van der Waals surface area contributed by atoms with Crippen molar-refractivity contribution < 1.29 is 4.74 Å². The Morgan fingerprint density at radius 3 is 2.84 bits per heavy atom. The first-order valence-electron chi connectivity index (χ1n) is 7.23. The highest BCUT2D eigenvalue weighted by molar-refractivity contribution is 6.31. The van der Waals surface area contributed by atoms with Crippen LogP contribution in [-0.2, 0) is 4.74 Å². The third-order valence-electron chi connectivity index (χ3n) is 4.23. The predicted octanol–water partition coefficient (Wildman–Crippen LogP) is 4.33. The molecule has 1 aliphatic rings. The molecule has 1 aromatic rings. The van der Waals surface area contributed by atoms with Crippen molar-refractivity contribution in [2.45, 2.75) is 51.2 Å². The molecule has 19 heavy (non-hydrogen) atoms. The van der Waals surface area contributed by atoms with E-state index in [1.807, 2.05) is 31.2 Å². The third kappa shape index (κ3) is 3.13. The minimum atomic E-state index is -0.253. The molecule has 2 N–H and O–H groups in total. The zero-order chi connectivity index (χ0) is 13.9. The summed E-state index contributed by atoms with van der Waals surface area (Å²) >= 11 is 6.30. The molecule has 0 amide bonds. The number of ether oxygens (including phenoxy) is 1. The lowest BCUT2D eigenvalue weighted by Crippen LogP contribution is -2.47. The average Bonchev–Trinajstić information content (AvgIpc) is 2.39. The lowest BCUT2D eigenvalue weighted by molar-refractivity contribution is -0.0938. The second kappa shape index (κ2) is 6.25. The summed E-state index contributed by atoms with van der Waals surface area (Å²) in [6.45, 7) is 5.03. The zero-order valence-electron chi connectivity index (χ0n) is 11.9. The molecule has 0 aromatic heterocycles. The van der Waals surface area contributed by atoms with Crippen molar-refractivity contribution in [1.29, 1.82) is 0 Å². The van der Waals surface area contributed by atoms with E-state index in [4.69, 9.17) is 22.1 Å². The van der Waals surface area contributed by atoms with E-state index in [1.165, 1.54) is 12.8 Å². The van der Waals surface area contributed by atoms with Gasteiger partial charge in [0.25, 0.3) is 0 Å². The van der Waals surface area contributed by atoms with Crippen LogP contribution in [0.1, 0.15) is 51.1 Å². The largest absolute Gasteiger partial charge is 0.373 e. The van der Waals surface area contributed by atoms with Crippen LogP contribution in [0, 0.1) is 5.92 Å². The maximum absolute atomic E-state index is 6.54. The highest BCUT2D eigenvalue weighted by Crippen LogP contribution is 2.43. The van der Waals surface area contributed by atoms with Crippen molar-refractivity contribution in [2.24, 2.45) is 11.7 Å². The fraction of sp³-hybridized carbons (Fsp3) is 0.625. The Balaban J connectivity index is 2.30. The third-order valence-corrected chi connectivity index (χ3v) is 4.57. The number of benzene rings is 1. The summed E-state index contributed by atoms with van der Waals surface area (Å²) in [4.78, 5) is 0. The van der Waals surface area contributed by atoms with Gasteiger partial charge < -0.3 is 10.5 Å². The van der Waals surface area contributed by atoms with Gasteiger partial charge in [-0.05, 0) is 37.3 Å². The smallest absolute Gasteiger partial charge is 0.0877 e. The Hall–Kier alpha value is -0.570. The van der Waals surface area contributed by atoms with Gasteiger partial charge in [0.05, 0.1) is 11.6 Å². The minimum Gasteiger partial charge on any atom is -0.373 e. The van der Waals surface area contributed by atoms with E-state index in [1.54, 1.807) is 0 Å². The molecule has 3 atom stereocenters. The Labute approximate surface area is 121 Å². The quantitative estimate of drug-likeness (QED) is 0.892. The van der Waals surface area contributed by atoms with Gasteiger partial charge in [-0.1, -0.05) is 49.6 Å². The number of hydrogen-bond acceptors (Lipinski definition) is 2. The average molecular weight is 282 g/mol. The summed E-state index contributed by atoms with van der Waals surface area (Å²) in [7, 11) is 0. The van der Waals surface area contributed by atoms with Crippen LogP contribution in [0.15, 0.2) is 24.3 Å². The standard InChI is InChI=1S/C16H24ClNO/c1-3-19-16(10-6-7-12(2)11-16)15(18)13-8-4-5-9-14(13)17/h4-5,8-9,12,15H,3,6-7,10-11,18H2,1-2H3. The maximum atomic E-state index is 6.54. The van der Waals surface area contributed by atoms with Gasteiger partial charge in [-0.15, -0.1) is 0 Å². The first kappa shape index (κ1) is 14.8. The van der Waals surface area contributed by atoms with Crippen LogP contribution in [0.25, 0.3) is 0 Å². The van der Waals surface area contributed by atoms with Gasteiger partial charge in [0.1, 0.15) is 0 Å². The molecule has 0 spiro atoms. The zero-order valence-corrected chi connectivity index (χ0v) is 12.6. The Morgan fingerprint density at radius 1 is 1.47 bits per heavy atom. The molecule has 1 aliphatic carbocycles. The van der Waals surface area contributed by atoms with Crippen molar-refractivity contribution in [3.8, 4) is 0 Å². The van der Waals surface area contributed by atoms with Gasteiger partial charge in [-0.25, -0.2) is 0 Å². The molecule has 0 saturated heterocycles. The highest BCUT2D eigenvalue weighted by Gasteiger charge is 2.42. The normalized spacial score (nSPS) is 29.2. The Morgan fingerprint density at radius 2 is 2.21 bits per heavy atom. The van der Waals surface area contributed by atoms with E-state index in [2.05, 4.69) is 6.92 Å². The maximum Gasteiger partial charge on any atom is 0.0877 e. The van der Waals surface area contributed by atoms with Crippen molar-refractivity contribution in [3.63, 3.8) is 0 Å². The monoisotopic (exact) mass is 281 g/mol. The topological polar surface area (TPSA) is 35.2 Å². The van der Waals surface area contributed by atoms with E-state index in [0.29, 0.717) is 12.5 Å². The van der Waals surface area contributed by atoms with Crippen LogP contribution in [0.2, 0.25) is 5.02 Å². The van der Waals surface area contributed by atoms with Gasteiger partial charge in [0.15, 0.2) is 0 Å². The summed E-state index contributed by atoms with van der Waals surface area (Å²) in [6, 6.07) is 7.71. The van der Waals surface area contributed by atoms with Crippen molar-refractivity contribution >= 4 is 11.6 Å². The lowest BCUT2D eigenvalue weighted by Gasteiger charge is -2.44. The molecule has 2 rings (SSSR count). The molecule has 3 unspecified atom stereocenters. The van der Waals surface area contributed by atoms with Crippen molar-refractivity contribution in [2.75, 3.05) is 6.61 Å². The van der Waals surface area contributed by atoms with Crippen molar-refractivity contribution in [1.82, 2.24) is 0 Å². The Bertz CT molecular complexity index is 419. The summed E-state index contributed by atoms with van der Waals surface area (Å²) < 4.78 is 6.13. The summed E-state index contributed by atoms with van der Waals surface area (Å²) in [5.74, 6) is 0.661. The molecule has 0 bridgehead atoms. The van der Waals surface area contributed by atoms with Gasteiger partial charge >= 0.3 is 0 Å². The predicted molar refractivity (Wildman–Crippen MR) is 80.4 cm³/mol. The van der Waals surface area contributed by atoms with Crippen LogP contribution < -0.4 is 5.73 Å². The van der Waals surface area contributed by atoms with Gasteiger partial charge in [-0.3, -0.25) is 0 Å². The highest BCUT2D eigenvalue weighted by atomic mass is 35.5. The first-order valence-corrected chi connectivity index (χ1v) is 7.61. The molecule has 106 valence electrons. The fourth-order valence-electron chi connectivity index (χ4n) is 3.35. The summed E-state index contributed by atoms with van der Waals surface area (Å²) in [6.07, 6.45) is 4.49. The van der Waals surface area contributed by atoms with Gasteiger partial charge in [0, 0.05) is 11.6 Å². The van der Waals surface area contributed by atoms with E-state index < -0.39 is 0 Å². The molecule has 1 aromatic carbocycles. The molecular weight excluding hydrogens is 258 g/mol. The SMILES string of the molecule is CCOC1(C(N)c2ccccc2Cl)CCCC(C)C1. The van der Waals surface area contributed by atoms with Gasteiger partial charge in [-0.2, -0.15) is 0 Å². The lowest BCUT2D eigenvalue weighted by atomic mass is 9.73. The van der Waals surface area contributed by atoms with Crippen LogP contribution >= 0.6 is 11.6 Å². The van der Waals surface area contributed by atoms with E-state index in [0.717, 1.165) is 23.4 Å². The van der Waals surface area contributed by atoms with E-state index in [9.17, 15) is 0 Å². The van der Waals surface area contributed by atoms with Crippen molar-refractivity contribution in [3.05, 3.63) is 34.9 Å². The second-order valence-electron chi connectivity index (χ2n) is 5.70. The van der Waals surface area contributed by atoms with E-state index in [-0.39, 0.29) is 11.6 Å². The van der Waals surface area contributed by atoms with Crippen LogP contribution in [0.5, 0.6) is 0 Å². The molecule has 1 saturated carbocycles. The number of hydrogen-bond donors (Lipinski definition) is 1. The fourth-order valence-corrected chi connectivity index (χ4v) is 3.60. The number of halogens is 1. The molecule has 3 heteroatoms. The Kier molecular flexibility index (Phi) is 4.88. The van der Waals surface area contributed by atoms with Crippen LogP contribution in [-0.4, -0.2) is 12.2 Å². The molecule has 0 aliphatic heterocycles. The first-order chi connectivity index (χ1) is 9.09. The van der Waals surface area contributed by atoms with Crippen LogP contribution in [0.3, 0.4) is 0 Å². The molecule has 2 nitrogen and oxygen atoms in total. The number of nitrogens with two attached hydrogens (primary N) is 1. The summed E-state index contributed by atoms with van der Waals surface area (Å²) in [5.41, 5.74) is 7.30. The second-order valence-corrected chi connectivity index (χ2v) is 6.11. The number of rotatable bonds is 4. The molecular formula is C16H24ClNO.